The molecular formula is C9H20O5. The zero-order valence-corrected chi connectivity index (χ0v) is 9.28. The van der Waals surface area contributed by atoms with Crippen molar-refractivity contribution in [1.82, 2.24) is 0 Å². The molecule has 1 N–H and O–H groups in total. The van der Waals surface area contributed by atoms with Gasteiger partial charge in [-0.05, 0) is 20.8 Å². The molecule has 0 aromatic rings. The summed E-state index contributed by atoms with van der Waals surface area (Å²) in [6.07, 6.45) is 0. The van der Waals surface area contributed by atoms with Gasteiger partial charge in [-0.25, -0.2) is 0 Å². The third kappa shape index (κ3) is 17.4. The molecule has 0 amide bonds. The zero-order chi connectivity index (χ0) is 11.4. The Kier molecular flexibility index (Phi) is 13.9. The van der Waals surface area contributed by atoms with Gasteiger partial charge in [-0.15, -0.1) is 0 Å². The fourth-order valence-corrected chi connectivity index (χ4v) is 0.553. The summed E-state index contributed by atoms with van der Waals surface area (Å²) in [5, 5.41) is 7.42. The molecule has 0 aromatic heterocycles. The van der Waals surface area contributed by atoms with E-state index in [0.717, 1.165) is 6.92 Å². The molecule has 0 fully saturated rings. The molecule has 0 saturated carbocycles. The predicted molar refractivity (Wildman–Crippen MR) is 52.0 cm³/mol. The predicted octanol–water partition coefficient (Wildman–Crippen LogP) is 1.47. The summed E-state index contributed by atoms with van der Waals surface area (Å²) in [7, 11) is 0. The first-order chi connectivity index (χ1) is 6.58. The van der Waals surface area contributed by atoms with E-state index in [1.807, 2.05) is 20.8 Å². The Morgan fingerprint density at radius 2 is 1.29 bits per heavy atom. The first-order valence-electron chi connectivity index (χ1n) is 4.62. The van der Waals surface area contributed by atoms with Gasteiger partial charge in [0.25, 0.3) is 12.4 Å². The van der Waals surface area contributed by atoms with Gasteiger partial charge in [-0.2, -0.15) is 0 Å². The van der Waals surface area contributed by atoms with E-state index in [1.165, 1.54) is 0 Å². The SMILES string of the molecule is CC(=O)O.CCOC(OCC)OCC. The maximum Gasteiger partial charge on any atom is 0.300 e. The van der Waals surface area contributed by atoms with Crippen LogP contribution in [0.2, 0.25) is 0 Å². The molecule has 0 atom stereocenters. The third-order valence-electron chi connectivity index (χ3n) is 0.908. The lowest BCUT2D eigenvalue weighted by molar-refractivity contribution is -0.282. The molecule has 0 bridgehead atoms. The van der Waals surface area contributed by atoms with Crippen LogP contribution >= 0.6 is 0 Å². The van der Waals surface area contributed by atoms with Crippen molar-refractivity contribution in [2.75, 3.05) is 19.8 Å². The summed E-state index contributed by atoms with van der Waals surface area (Å²) in [5.74, 6) is -0.833. The Balaban J connectivity index is 0. The fraction of sp³-hybridized carbons (Fsp3) is 0.889. The van der Waals surface area contributed by atoms with Gasteiger partial charge in [0.1, 0.15) is 0 Å². The molecule has 0 saturated heterocycles. The van der Waals surface area contributed by atoms with Crippen LogP contribution in [0.15, 0.2) is 0 Å². The molecule has 5 heteroatoms. The van der Waals surface area contributed by atoms with E-state index in [9.17, 15) is 0 Å². The Hall–Kier alpha value is -0.650. The normalized spacial score (nSPS) is 9.50. The van der Waals surface area contributed by atoms with Crippen LogP contribution in [-0.4, -0.2) is 37.4 Å². The molecule has 0 aromatic carbocycles. The Morgan fingerprint density at radius 3 is 1.43 bits per heavy atom. The third-order valence-corrected chi connectivity index (χ3v) is 0.908. The van der Waals surface area contributed by atoms with Gasteiger partial charge in [0, 0.05) is 26.7 Å². The lowest BCUT2D eigenvalue weighted by Gasteiger charge is -2.15. The smallest absolute Gasteiger partial charge is 0.300 e. The number of carboxylic acid groups (broad SMARTS) is 1. The summed E-state index contributed by atoms with van der Waals surface area (Å²) in [5.41, 5.74) is 0. The molecule has 14 heavy (non-hydrogen) atoms. The monoisotopic (exact) mass is 208 g/mol. The van der Waals surface area contributed by atoms with Gasteiger partial charge < -0.3 is 19.3 Å². The second-order valence-electron chi connectivity index (χ2n) is 2.17. The minimum atomic E-state index is -0.833. The fourth-order valence-electron chi connectivity index (χ4n) is 0.553. The highest BCUT2D eigenvalue weighted by Gasteiger charge is 2.04. The minimum absolute atomic E-state index is 0.472. The standard InChI is InChI=1S/C7H16O3.C2H4O2/c1-4-8-7(9-5-2)10-6-3;1-2(3)4/h7H,4-6H2,1-3H3;1H3,(H,3,4). The Morgan fingerprint density at radius 1 is 1.07 bits per heavy atom. The highest BCUT2D eigenvalue weighted by Crippen LogP contribution is 1.95. The van der Waals surface area contributed by atoms with Gasteiger partial charge in [-0.1, -0.05) is 0 Å². The van der Waals surface area contributed by atoms with E-state index in [2.05, 4.69) is 0 Å². The molecule has 0 aliphatic rings. The van der Waals surface area contributed by atoms with Crippen molar-refractivity contribution < 1.29 is 24.1 Å². The molecule has 0 unspecified atom stereocenters. The van der Waals surface area contributed by atoms with Gasteiger partial charge in [0.05, 0.1) is 0 Å². The average Bonchev–Trinajstić information content (AvgIpc) is 2.04. The number of ether oxygens (including phenoxy) is 3. The van der Waals surface area contributed by atoms with Crippen molar-refractivity contribution in [3.05, 3.63) is 0 Å². The van der Waals surface area contributed by atoms with E-state index >= 15 is 0 Å². The van der Waals surface area contributed by atoms with E-state index in [4.69, 9.17) is 24.1 Å². The lowest BCUT2D eigenvalue weighted by atomic mass is 10.8. The van der Waals surface area contributed by atoms with E-state index in [-0.39, 0.29) is 0 Å². The highest BCUT2D eigenvalue weighted by atomic mass is 16.8. The van der Waals surface area contributed by atoms with Crippen LogP contribution in [0, 0.1) is 0 Å². The first-order valence-corrected chi connectivity index (χ1v) is 4.62. The van der Waals surface area contributed by atoms with E-state index < -0.39 is 12.4 Å². The number of rotatable bonds is 6. The molecular weight excluding hydrogens is 188 g/mol. The first kappa shape index (κ1) is 15.8. The van der Waals surface area contributed by atoms with Crippen LogP contribution in [-0.2, 0) is 19.0 Å². The summed E-state index contributed by atoms with van der Waals surface area (Å²) < 4.78 is 15.2. The van der Waals surface area contributed by atoms with Crippen LogP contribution in [0.5, 0.6) is 0 Å². The summed E-state index contributed by atoms with van der Waals surface area (Å²) in [6.45, 7) is 8.18. The number of hydrogen-bond donors (Lipinski definition) is 1. The van der Waals surface area contributed by atoms with Crippen LogP contribution in [0.25, 0.3) is 0 Å². The van der Waals surface area contributed by atoms with Crippen LogP contribution < -0.4 is 0 Å². The molecule has 5 nitrogen and oxygen atoms in total. The number of hydrogen-bond acceptors (Lipinski definition) is 4. The van der Waals surface area contributed by atoms with E-state index in [1.54, 1.807) is 0 Å². The largest absolute Gasteiger partial charge is 0.481 e. The average molecular weight is 208 g/mol. The Labute approximate surface area is 85.0 Å². The van der Waals surface area contributed by atoms with E-state index in [0.29, 0.717) is 19.8 Å². The zero-order valence-electron chi connectivity index (χ0n) is 9.28. The lowest BCUT2D eigenvalue weighted by Crippen LogP contribution is -2.20. The second kappa shape index (κ2) is 12.3. The maximum absolute atomic E-state index is 9.00. The summed E-state index contributed by atoms with van der Waals surface area (Å²) in [6, 6.07) is 0. The molecule has 0 aliphatic carbocycles. The van der Waals surface area contributed by atoms with Crippen molar-refractivity contribution in [2.24, 2.45) is 0 Å². The van der Waals surface area contributed by atoms with Crippen molar-refractivity contribution in [1.29, 1.82) is 0 Å². The van der Waals surface area contributed by atoms with Crippen LogP contribution in [0.4, 0.5) is 0 Å². The topological polar surface area (TPSA) is 65.0 Å². The molecule has 0 spiro atoms. The second-order valence-corrected chi connectivity index (χ2v) is 2.17. The van der Waals surface area contributed by atoms with Crippen LogP contribution in [0.1, 0.15) is 27.7 Å². The minimum Gasteiger partial charge on any atom is -0.481 e. The molecule has 0 radical (unpaired) electrons. The van der Waals surface area contributed by atoms with Gasteiger partial charge in [0.15, 0.2) is 0 Å². The quantitative estimate of drug-likeness (QED) is 0.669. The molecule has 0 rings (SSSR count). The summed E-state index contributed by atoms with van der Waals surface area (Å²) >= 11 is 0. The molecule has 86 valence electrons. The maximum atomic E-state index is 9.00. The van der Waals surface area contributed by atoms with Crippen molar-refractivity contribution in [3.63, 3.8) is 0 Å². The number of aliphatic carboxylic acids is 1. The van der Waals surface area contributed by atoms with Gasteiger partial charge >= 0.3 is 0 Å². The van der Waals surface area contributed by atoms with Gasteiger partial charge in [-0.3, -0.25) is 4.79 Å². The van der Waals surface area contributed by atoms with Crippen LogP contribution in [0.3, 0.4) is 0 Å². The van der Waals surface area contributed by atoms with Crippen molar-refractivity contribution in [2.45, 2.75) is 34.2 Å². The number of carboxylic acids is 1. The van der Waals surface area contributed by atoms with Gasteiger partial charge in [0.2, 0.25) is 0 Å². The molecule has 0 heterocycles. The number of carbonyl (C=O) groups is 1. The highest BCUT2D eigenvalue weighted by molar-refractivity contribution is 5.62. The van der Waals surface area contributed by atoms with Crippen molar-refractivity contribution in [3.8, 4) is 0 Å². The summed E-state index contributed by atoms with van der Waals surface area (Å²) in [4.78, 5) is 9.00. The van der Waals surface area contributed by atoms with Crippen molar-refractivity contribution >= 4 is 5.97 Å². The molecule has 0 aliphatic heterocycles. The Bertz CT molecular complexity index is 108.